The average molecular weight is 168 g/mol. The van der Waals surface area contributed by atoms with Gasteiger partial charge in [0.15, 0.2) is 0 Å². The van der Waals surface area contributed by atoms with E-state index in [2.05, 4.69) is 0 Å². The van der Waals surface area contributed by atoms with Gasteiger partial charge in [0.1, 0.15) is 11.7 Å². The van der Waals surface area contributed by atoms with Crippen molar-refractivity contribution < 1.29 is 10.2 Å². The van der Waals surface area contributed by atoms with E-state index in [0.717, 1.165) is 12.0 Å². The van der Waals surface area contributed by atoms with Gasteiger partial charge in [-0.25, -0.2) is 0 Å². The van der Waals surface area contributed by atoms with Crippen LogP contribution in [0, 0.1) is 0 Å². The van der Waals surface area contributed by atoms with Crippen LogP contribution in [0.25, 0.3) is 0 Å². The first-order valence-electron chi connectivity index (χ1n) is 4.42. The van der Waals surface area contributed by atoms with E-state index in [-0.39, 0.29) is 0 Å². The number of rotatable bonds is 2. The molecule has 0 aliphatic heterocycles. The normalized spacial score (nSPS) is 35.0. The zero-order valence-corrected chi connectivity index (χ0v) is 7.62. The molecule has 0 aromatic rings. The Morgan fingerprint density at radius 3 is 2.67 bits per heavy atom. The summed E-state index contributed by atoms with van der Waals surface area (Å²) in [6.45, 7) is 3.84. The van der Waals surface area contributed by atoms with Crippen molar-refractivity contribution >= 4 is 0 Å². The van der Waals surface area contributed by atoms with E-state index in [9.17, 15) is 10.2 Å². The molecular formula is C10H16O2. The van der Waals surface area contributed by atoms with Crippen LogP contribution in [0.15, 0.2) is 23.8 Å². The van der Waals surface area contributed by atoms with Crippen LogP contribution in [-0.2, 0) is 0 Å². The number of hydrogen-bond acceptors (Lipinski definition) is 2. The largest absolute Gasteiger partial charge is 0.385 e. The van der Waals surface area contributed by atoms with Crippen LogP contribution in [0.5, 0.6) is 0 Å². The molecule has 12 heavy (non-hydrogen) atoms. The van der Waals surface area contributed by atoms with Crippen molar-refractivity contribution in [1.29, 1.82) is 0 Å². The van der Waals surface area contributed by atoms with Gasteiger partial charge in [-0.2, -0.15) is 0 Å². The van der Waals surface area contributed by atoms with Gasteiger partial charge in [-0.15, -0.1) is 0 Å². The van der Waals surface area contributed by atoms with Gasteiger partial charge in [-0.3, -0.25) is 0 Å². The van der Waals surface area contributed by atoms with Gasteiger partial charge in [0.2, 0.25) is 0 Å². The number of hydrogen-bond donors (Lipinski definition) is 2. The summed E-state index contributed by atoms with van der Waals surface area (Å²) >= 11 is 0. The van der Waals surface area contributed by atoms with Crippen LogP contribution < -0.4 is 0 Å². The van der Waals surface area contributed by atoms with Crippen LogP contribution >= 0.6 is 0 Å². The fourth-order valence-corrected chi connectivity index (χ4v) is 1.46. The van der Waals surface area contributed by atoms with Crippen molar-refractivity contribution in [3.05, 3.63) is 23.8 Å². The maximum Gasteiger partial charge on any atom is 0.112 e. The van der Waals surface area contributed by atoms with Gasteiger partial charge in [0, 0.05) is 0 Å². The molecule has 1 aliphatic rings. The number of aliphatic hydroxyl groups excluding tert-OH is 1. The van der Waals surface area contributed by atoms with E-state index in [0.29, 0.717) is 6.42 Å². The first-order chi connectivity index (χ1) is 5.64. The second kappa shape index (κ2) is 3.42. The lowest BCUT2D eigenvalue weighted by Gasteiger charge is -2.32. The SMILES string of the molecule is CCC1=CC=CC(O)(CC)C1O. The van der Waals surface area contributed by atoms with Gasteiger partial charge < -0.3 is 10.2 Å². The van der Waals surface area contributed by atoms with E-state index in [1.165, 1.54) is 0 Å². The molecule has 2 atom stereocenters. The molecular weight excluding hydrogens is 152 g/mol. The summed E-state index contributed by atoms with van der Waals surface area (Å²) in [5.74, 6) is 0. The van der Waals surface area contributed by atoms with E-state index in [1.807, 2.05) is 26.0 Å². The highest BCUT2D eigenvalue weighted by atomic mass is 16.3. The van der Waals surface area contributed by atoms with Crippen LogP contribution in [0.2, 0.25) is 0 Å². The zero-order chi connectivity index (χ0) is 9.19. The Morgan fingerprint density at radius 2 is 2.17 bits per heavy atom. The van der Waals surface area contributed by atoms with Crippen molar-refractivity contribution in [2.45, 2.75) is 38.4 Å². The summed E-state index contributed by atoms with van der Waals surface area (Å²) in [5.41, 5.74) is -0.137. The quantitative estimate of drug-likeness (QED) is 0.654. The third kappa shape index (κ3) is 1.45. The Balaban J connectivity index is 2.87. The lowest BCUT2D eigenvalue weighted by Crippen LogP contribution is -2.42. The van der Waals surface area contributed by atoms with E-state index >= 15 is 0 Å². The van der Waals surface area contributed by atoms with Crippen molar-refractivity contribution in [2.75, 3.05) is 0 Å². The van der Waals surface area contributed by atoms with Crippen molar-refractivity contribution in [3.63, 3.8) is 0 Å². The molecule has 2 heteroatoms. The molecule has 68 valence electrons. The maximum atomic E-state index is 9.87. The smallest absolute Gasteiger partial charge is 0.112 e. The van der Waals surface area contributed by atoms with Gasteiger partial charge in [-0.05, 0) is 18.4 Å². The summed E-state index contributed by atoms with van der Waals surface area (Å²) in [6.07, 6.45) is 5.95. The molecule has 0 radical (unpaired) electrons. The van der Waals surface area contributed by atoms with Crippen LogP contribution in [0.1, 0.15) is 26.7 Å². The van der Waals surface area contributed by atoms with Crippen molar-refractivity contribution in [2.24, 2.45) is 0 Å². The monoisotopic (exact) mass is 168 g/mol. The van der Waals surface area contributed by atoms with E-state index in [1.54, 1.807) is 6.08 Å². The Hall–Kier alpha value is -0.600. The highest BCUT2D eigenvalue weighted by Crippen LogP contribution is 2.27. The minimum absolute atomic E-state index is 0.544. The fraction of sp³-hybridized carbons (Fsp3) is 0.600. The molecule has 2 nitrogen and oxygen atoms in total. The maximum absolute atomic E-state index is 9.87. The third-order valence-corrected chi connectivity index (χ3v) is 2.49. The summed E-state index contributed by atoms with van der Waals surface area (Å²) in [5, 5.41) is 19.6. The molecule has 0 fully saturated rings. The number of allylic oxidation sites excluding steroid dienone is 2. The highest BCUT2D eigenvalue weighted by molar-refractivity contribution is 5.29. The van der Waals surface area contributed by atoms with Crippen LogP contribution in [0.4, 0.5) is 0 Å². The first-order valence-corrected chi connectivity index (χ1v) is 4.42. The van der Waals surface area contributed by atoms with Gasteiger partial charge >= 0.3 is 0 Å². The van der Waals surface area contributed by atoms with Crippen molar-refractivity contribution in [3.8, 4) is 0 Å². The molecule has 2 N–H and O–H groups in total. The lowest BCUT2D eigenvalue weighted by atomic mass is 9.84. The Labute approximate surface area is 73.2 Å². The molecule has 0 amide bonds. The minimum Gasteiger partial charge on any atom is -0.385 e. The van der Waals surface area contributed by atoms with E-state index in [4.69, 9.17) is 0 Å². The molecule has 1 rings (SSSR count). The summed E-state index contributed by atoms with van der Waals surface area (Å²) in [7, 11) is 0. The topological polar surface area (TPSA) is 40.5 Å². The Morgan fingerprint density at radius 1 is 1.50 bits per heavy atom. The van der Waals surface area contributed by atoms with Gasteiger partial charge in [-0.1, -0.05) is 32.1 Å². The van der Waals surface area contributed by atoms with Crippen LogP contribution in [-0.4, -0.2) is 21.9 Å². The summed E-state index contributed by atoms with van der Waals surface area (Å²) < 4.78 is 0. The molecule has 0 aromatic carbocycles. The van der Waals surface area contributed by atoms with E-state index < -0.39 is 11.7 Å². The Bertz CT molecular complexity index is 218. The Kier molecular flexibility index (Phi) is 2.70. The molecule has 0 spiro atoms. The predicted octanol–water partition coefficient (Wildman–Crippen LogP) is 1.39. The van der Waals surface area contributed by atoms with Gasteiger partial charge in [0.05, 0.1) is 0 Å². The summed E-state index contributed by atoms with van der Waals surface area (Å²) in [4.78, 5) is 0. The molecule has 1 aliphatic carbocycles. The number of aliphatic hydroxyl groups is 2. The summed E-state index contributed by atoms with van der Waals surface area (Å²) in [6, 6.07) is 0. The zero-order valence-electron chi connectivity index (χ0n) is 7.62. The molecule has 0 aromatic heterocycles. The highest BCUT2D eigenvalue weighted by Gasteiger charge is 2.34. The fourth-order valence-electron chi connectivity index (χ4n) is 1.46. The second-order valence-electron chi connectivity index (χ2n) is 3.20. The van der Waals surface area contributed by atoms with Gasteiger partial charge in [0.25, 0.3) is 0 Å². The predicted molar refractivity (Wildman–Crippen MR) is 48.8 cm³/mol. The minimum atomic E-state index is -1.04. The molecule has 0 saturated heterocycles. The standard InChI is InChI=1S/C10H16O2/c1-3-8-6-5-7-10(12,4-2)9(8)11/h5-7,9,11-12H,3-4H2,1-2H3. The second-order valence-corrected chi connectivity index (χ2v) is 3.20. The lowest BCUT2D eigenvalue weighted by molar-refractivity contribution is -0.0250. The molecule has 0 bridgehead atoms. The third-order valence-electron chi connectivity index (χ3n) is 2.49. The van der Waals surface area contributed by atoms with Crippen LogP contribution in [0.3, 0.4) is 0 Å². The molecule has 0 saturated carbocycles. The molecule has 2 unspecified atom stereocenters. The molecule has 0 heterocycles. The van der Waals surface area contributed by atoms with Crippen molar-refractivity contribution in [1.82, 2.24) is 0 Å². The average Bonchev–Trinajstić information content (AvgIpc) is 2.10. The first kappa shape index (κ1) is 9.49.